The monoisotopic (exact) mass is 455 g/mol. The summed E-state index contributed by atoms with van der Waals surface area (Å²) in [6.07, 6.45) is 2.68. The lowest BCUT2D eigenvalue weighted by Crippen LogP contribution is -2.17. The fourth-order valence-electron chi connectivity index (χ4n) is 4.86. The van der Waals surface area contributed by atoms with E-state index in [1.165, 1.54) is 53.2 Å². The molecule has 0 aliphatic heterocycles. The number of hydrogen-bond donors (Lipinski definition) is 0. The molecule has 0 aliphatic carbocycles. The predicted octanol–water partition coefficient (Wildman–Crippen LogP) is 9.24. The van der Waals surface area contributed by atoms with Crippen molar-refractivity contribution in [2.75, 3.05) is 6.67 Å². The van der Waals surface area contributed by atoms with Gasteiger partial charge in [-0.25, -0.2) is 0 Å². The van der Waals surface area contributed by atoms with Crippen LogP contribution in [0, 0.1) is 12.3 Å². The van der Waals surface area contributed by atoms with E-state index in [-0.39, 0.29) is 12.1 Å². The first-order valence-electron chi connectivity index (χ1n) is 11.7. The van der Waals surface area contributed by atoms with Gasteiger partial charge in [0.05, 0.1) is 17.1 Å². The lowest BCUT2D eigenvalue weighted by atomic mass is 9.85. The molecule has 3 aromatic carbocycles. The molecule has 5 aromatic rings. The van der Waals surface area contributed by atoms with Crippen LogP contribution < -0.4 is 0 Å². The average molecular weight is 456 g/mol. The molecule has 0 atom stereocenters. The fourth-order valence-corrected chi connectivity index (χ4v) is 6.19. The smallest absolute Gasteiger partial charge is 0.0948 e. The van der Waals surface area contributed by atoms with Crippen molar-refractivity contribution in [1.29, 1.82) is 0 Å². The third-order valence-electron chi connectivity index (χ3n) is 6.74. The van der Waals surface area contributed by atoms with Crippen molar-refractivity contribution in [3.05, 3.63) is 77.5 Å². The minimum Gasteiger partial charge on any atom is -0.255 e. The van der Waals surface area contributed by atoms with Gasteiger partial charge in [-0.15, -0.1) is 11.3 Å². The first kappa shape index (κ1) is 22.0. The molecule has 0 bridgehead atoms. The maximum atomic E-state index is 13.5. The number of thiophene rings is 1. The Labute approximate surface area is 199 Å². The summed E-state index contributed by atoms with van der Waals surface area (Å²) in [6, 6.07) is 19.8. The molecule has 0 N–H and O–H groups in total. The van der Waals surface area contributed by atoms with Gasteiger partial charge in [0.15, 0.2) is 0 Å². The zero-order valence-corrected chi connectivity index (χ0v) is 20.8. The lowest BCUT2D eigenvalue weighted by molar-refractivity contribution is 0.256. The normalized spacial score (nSPS) is 12.5. The zero-order valence-electron chi connectivity index (χ0n) is 20.0. The zero-order chi connectivity index (χ0) is 23.3. The molecule has 0 spiro atoms. The molecule has 1 nitrogen and oxygen atoms in total. The highest BCUT2D eigenvalue weighted by Crippen LogP contribution is 2.42. The molecule has 3 heteroatoms. The van der Waals surface area contributed by atoms with Gasteiger partial charge in [-0.1, -0.05) is 64.1 Å². The number of alkyl halides is 1. The highest BCUT2D eigenvalue weighted by molar-refractivity contribution is 7.26. The van der Waals surface area contributed by atoms with Crippen molar-refractivity contribution >= 4 is 42.3 Å². The molecule has 33 heavy (non-hydrogen) atoms. The van der Waals surface area contributed by atoms with Gasteiger partial charge in [-0.3, -0.25) is 9.37 Å². The summed E-state index contributed by atoms with van der Waals surface area (Å²) >= 11 is 1.82. The Balaban J connectivity index is 1.74. The Morgan fingerprint density at radius 3 is 2.45 bits per heavy atom. The van der Waals surface area contributed by atoms with Crippen molar-refractivity contribution in [3.63, 3.8) is 0 Å². The molecule has 0 amide bonds. The van der Waals surface area contributed by atoms with Gasteiger partial charge in [0.25, 0.3) is 0 Å². The van der Waals surface area contributed by atoms with E-state index < -0.39 is 0 Å². The van der Waals surface area contributed by atoms with Crippen LogP contribution in [0.1, 0.15) is 50.3 Å². The molecule has 2 aromatic heterocycles. The van der Waals surface area contributed by atoms with Gasteiger partial charge < -0.3 is 0 Å². The number of rotatable bonds is 5. The molecule has 0 saturated carbocycles. The summed E-state index contributed by atoms with van der Waals surface area (Å²) in [7, 11) is 0. The van der Waals surface area contributed by atoms with E-state index in [0.717, 1.165) is 12.1 Å². The van der Waals surface area contributed by atoms with E-state index >= 15 is 0 Å². The van der Waals surface area contributed by atoms with E-state index in [2.05, 4.69) is 75.4 Å². The fraction of sp³-hybridized carbons (Fsp3) is 0.300. The summed E-state index contributed by atoms with van der Waals surface area (Å²) in [5.41, 5.74) is 5.73. The third kappa shape index (κ3) is 3.83. The van der Waals surface area contributed by atoms with Crippen LogP contribution in [-0.4, -0.2) is 11.7 Å². The number of fused-ring (bicyclic) bond motifs is 4. The van der Waals surface area contributed by atoms with Crippen LogP contribution in [0.25, 0.3) is 42.2 Å². The van der Waals surface area contributed by atoms with E-state index in [1.807, 2.05) is 31.4 Å². The second-order valence-corrected chi connectivity index (χ2v) is 11.3. The summed E-state index contributed by atoms with van der Waals surface area (Å²) in [4.78, 5) is 4.87. The summed E-state index contributed by atoms with van der Waals surface area (Å²) < 4.78 is 16.0. The summed E-state index contributed by atoms with van der Waals surface area (Å²) in [5, 5.41) is 5.09. The number of hydrogen-bond acceptors (Lipinski definition) is 2. The average Bonchev–Trinajstić information content (AvgIpc) is 3.19. The summed E-state index contributed by atoms with van der Waals surface area (Å²) in [6.45, 7) is 10.4. The topological polar surface area (TPSA) is 12.9 Å². The van der Waals surface area contributed by atoms with Crippen molar-refractivity contribution in [2.24, 2.45) is 5.41 Å². The highest BCUT2D eigenvalue weighted by atomic mass is 32.1. The van der Waals surface area contributed by atoms with Crippen molar-refractivity contribution in [2.45, 2.75) is 47.0 Å². The predicted molar refractivity (Wildman–Crippen MR) is 142 cm³/mol. The number of pyridine rings is 1. The van der Waals surface area contributed by atoms with Gasteiger partial charge >= 0.3 is 0 Å². The molecule has 0 aliphatic rings. The van der Waals surface area contributed by atoms with Crippen molar-refractivity contribution in [1.82, 2.24) is 4.98 Å². The van der Waals surface area contributed by atoms with Gasteiger partial charge in [0, 0.05) is 27.2 Å². The minimum atomic E-state index is -0.347. The van der Waals surface area contributed by atoms with E-state index in [0.29, 0.717) is 5.92 Å². The van der Waals surface area contributed by atoms with Crippen LogP contribution in [0.2, 0.25) is 0 Å². The molecule has 5 rings (SSSR count). The maximum Gasteiger partial charge on any atom is 0.0948 e. The Hall–Kier alpha value is -2.78. The molecule has 2 heterocycles. The van der Waals surface area contributed by atoms with Crippen LogP contribution in [-0.2, 0) is 6.42 Å². The molecule has 0 fully saturated rings. The van der Waals surface area contributed by atoms with Crippen molar-refractivity contribution < 1.29 is 4.39 Å². The van der Waals surface area contributed by atoms with Gasteiger partial charge in [-0.2, -0.15) is 0 Å². The first-order chi connectivity index (χ1) is 15.8. The number of benzene rings is 3. The molecular formula is C30H30FNS. The molecule has 0 saturated heterocycles. The number of halogens is 1. The SMILES string of the molecule is Cc1c(CC(C)(C)CF)ccc2c1sc1c(-c3cc(C(C)C)c4ccccc4c3)nccc12. The molecule has 0 unspecified atom stereocenters. The second kappa shape index (κ2) is 8.22. The van der Waals surface area contributed by atoms with Crippen LogP contribution in [0.4, 0.5) is 4.39 Å². The first-order valence-corrected chi connectivity index (χ1v) is 12.5. The molecule has 0 radical (unpaired) electrons. The Morgan fingerprint density at radius 1 is 0.939 bits per heavy atom. The van der Waals surface area contributed by atoms with E-state index in [4.69, 9.17) is 4.98 Å². The van der Waals surface area contributed by atoms with Crippen LogP contribution in [0.3, 0.4) is 0 Å². The molecular weight excluding hydrogens is 425 g/mol. The van der Waals surface area contributed by atoms with Gasteiger partial charge in [0.1, 0.15) is 0 Å². The molecule has 168 valence electrons. The lowest BCUT2D eigenvalue weighted by Gasteiger charge is -2.21. The standard InChI is InChI=1S/C30H30FNS/c1-18(2)26-15-22(14-20-8-6-7-9-23(20)26)27-29-25(12-13-32-27)24-11-10-21(16-30(4,5)17-31)19(3)28(24)33-29/h6-15,18H,16-17H2,1-5H3. The van der Waals surface area contributed by atoms with Crippen molar-refractivity contribution in [3.8, 4) is 11.3 Å². The van der Waals surface area contributed by atoms with E-state index in [9.17, 15) is 4.39 Å². The van der Waals surface area contributed by atoms with E-state index in [1.54, 1.807) is 0 Å². The Morgan fingerprint density at radius 2 is 1.70 bits per heavy atom. The number of aromatic nitrogens is 1. The third-order valence-corrected chi connectivity index (χ3v) is 8.08. The van der Waals surface area contributed by atoms with Crippen LogP contribution in [0.15, 0.2) is 60.8 Å². The number of aryl methyl sites for hydroxylation is 1. The Bertz CT molecular complexity index is 1490. The minimum absolute atomic E-state index is 0.314. The highest BCUT2D eigenvalue weighted by Gasteiger charge is 2.21. The quantitative estimate of drug-likeness (QED) is 0.257. The van der Waals surface area contributed by atoms with Crippen LogP contribution in [0.5, 0.6) is 0 Å². The summed E-state index contributed by atoms with van der Waals surface area (Å²) in [5.74, 6) is 0.431. The number of nitrogens with zero attached hydrogens (tertiary/aromatic N) is 1. The Kier molecular flexibility index (Phi) is 5.49. The second-order valence-electron chi connectivity index (χ2n) is 10.3. The largest absolute Gasteiger partial charge is 0.255 e. The van der Waals surface area contributed by atoms with Crippen LogP contribution >= 0.6 is 11.3 Å². The van der Waals surface area contributed by atoms with Gasteiger partial charge in [-0.05, 0) is 70.3 Å². The van der Waals surface area contributed by atoms with Gasteiger partial charge in [0.2, 0.25) is 0 Å². The maximum absolute atomic E-state index is 13.5.